The van der Waals surface area contributed by atoms with Gasteiger partial charge in [-0.2, -0.15) is 24.5 Å². The summed E-state index contributed by atoms with van der Waals surface area (Å²) in [6.45, 7) is 2.62. The van der Waals surface area contributed by atoms with Crippen LogP contribution in [0.5, 0.6) is 0 Å². The molecule has 2 atom stereocenters. The topological polar surface area (TPSA) is 95.9 Å². The van der Waals surface area contributed by atoms with E-state index in [2.05, 4.69) is 14.9 Å². The average molecular weight is 444 g/mol. The Hall–Kier alpha value is -2.73. The maximum Gasteiger partial charge on any atom is 0.490 e. The van der Waals surface area contributed by atoms with Gasteiger partial charge < -0.3 is 19.6 Å². The molecule has 2 aliphatic heterocycles. The number of piperidine rings is 1. The van der Waals surface area contributed by atoms with Gasteiger partial charge in [0.25, 0.3) is 0 Å². The maximum atomic E-state index is 12.9. The predicted molar refractivity (Wildman–Crippen MR) is 102 cm³/mol. The normalized spacial score (nSPS) is 21.9. The number of hydrogen-bond donors (Lipinski definition) is 1. The minimum absolute atomic E-state index is 0.0858. The molecule has 0 bridgehead atoms. The summed E-state index contributed by atoms with van der Waals surface area (Å²) >= 11 is 1.61. The van der Waals surface area contributed by atoms with Gasteiger partial charge in [0.15, 0.2) is 0 Å². The molecule has 8 nitrogen and oxygen atoms in total. The molecule has 4 rings (SSSR count). The van der Waals surface area contributed by atoms with Crippen LogP contribution in [0.15, 0.2) is 35.3 Å². The minimum atomic E-state index is -5.08. The van der Waals surface area contributed by atoms with E-state index in [0.717, 1.165) is 18.7 Å². The molecule has 0 saturated carbocycles. The quantitative estimate of drug-likeness (QED) is 0.760. The lowest BCUT2D eigenvalue weighted by Gasteiger charge is -2.36. The zero-order chi connectivity index (χ0) is 21.7. The summed E-state index contributed by atoms with van der Waals surface area (Å²) < 4.78 is 37.7. The van der Waals surface area contributed by atoms with Gasteiger partial charge in [-0.05, 0) is 23.9 Å². The summed E-state index contributed by atoms with van der Waals surface area (Å²) in [5.41, 5.74) is 0.984. The number of carboxylic acid groups (broad SMARTS) is 1. The van der Waals surface area contributed by atoms with Crippen molar-refractivity contribution in [3.05, 3.63) is 35.3 Å². The van der Waals surface area contributed by atoms with E-state index in [1.54, 1.807) is 29.8 Å². The first-order valence-electron chi connectivity index (χ1n) is 9.04. The van der Waals surface area contributed by atoms with E-state index in [9.17, 15) is 18.0 Å². The van der Waals surface area contributed by atoms with E-state index in [1.807, 2.05) is 21.7 Å². The fourth-order valence-electron chi connectivity index (χ4n) is 3.28. The van der Waals surface area contributed by atoms with Crippen LogP contribution >= 0.6 is 11.3 Å². The number of hydrogen-bond acceptors (Lipinski definition) is 7. The molecule has 2 fully saturated rings. The first-order valence-corrected chi connectivity index (χ1v) is 9.99. The third-order valence-electron chi connectivity index (χ3n) is 4.68. The molecule has 2 aliphatic rings. The molecule has 2 saturated heterocycles. The van der Waals surface area contributed by atoms with Crippen molar-refractivity contribution in [2.24, 2.45) is 5.92 Å². The lowest BCUT2D eigenvalue weighted by atomic mass is 9.92. The molecule has 0 radical (unpaired) electrons. The largest absolute Gasteiger partial charge is 0.490 e. The van der Waals surface area contributed by atoms with Crippen molar-refractivity contribution in [3.63, 3.8) is 0 Å². The van der Waals surface area contributed by atoms with Crippen molar-refractivity contribution in [1.82, 2.24) is 9.97 Å². The van der Waals surface area contributed by atoms with Crippen molar-refractivity contribution in [3.8, 4) is 0 Å². The summed E-state index contributed by atoms with van der Waals surface area (Å²) in [6, 6.07) is 3.80. The fourth-order valence-corrected chi connectivity index (χ4v) is 3.92. The highest BCUT2D eigenvalue weighted by Crippen LogP contribution is 2.30. The Kier molecular flexibility index (Phi) is 6.87. The Morgan fingerprint density at radius 2 is 1.97 bits per heavy atom. The monoisotopic (exact) mass is 444 g/mol. The second-order valence-electron chi connectivity index (χ2n) is 6.57. The SMILES string of the molecule is O=C(O)C(F)(F)F.O=C1[C@@H]2CCN(c3ncccn3)C[C@@H]2OCCN1c1ccsc1. The number of carbonyl (C=O) groups is 2. The second-order valence-corrected chi connectivity index (χ2v) is 7.35. The van der Waals surface area contributed by atoms with Crippen molar-refractivity contribution in [2.75, 3.05) is 36.0 Å². The molecule has 2 aromatic rings. The summed E-state index contributed by atoms with van der Waals surface area (Å²) in [4.78, 5) is 34.4. The van der Waals surface area contributed by atoms with Crippen molar-refractivity contribution in [2.45, 2.75) is 18.7 Å². The molecule has 12 heteroatoms. The predicted octanol–water partition coefficient (Wildman–Crippen LogP) is 2.43. The zero-order valence-electron chi connectivity index (χ0n) is 15.7. The molecule has 2 aromatic heterocycles. The van der Waals surface area contributed by atoms with Gasteiger partial charge in [-0.1, -0.05) is 0 Å². The smallest absolute Gasteiger partial charge is 0.475 e. The Morgan fingerprint density at radius 1 is 1.27 bits per heavy atom. The molecule has 1 amide bonds. The number of aromatic nitrogens is 2. The second kappa shape index (κ2) is 9.39. The summed E-state index contributed by atoms with van der Waals surface area (Å²) in [5, 5.41) is 11.1. The zero-order valence-corrected chi connectivity index (χ0v) is 16.5. The van der Waals surface area contributed by atoms with E-state index in [4.69, 9.17) is 14.6 Å². The minimum Gasteiger partial charge on any atom is -0.475 e. The molecule has 0 unspecified atom stereocenters. The number of rotatable bonds is 2. The third kappa shape index (κ3) is 5.25. The lowest BCUT2D eigenvalue weighted by Crippen LogP contribution is -2.49. The Morgan fingerprint density at radius 3 is 2.57 bits per heavy atom. The third-order valence-corrected chi connectivity index (χ3v) is 5.36. The van der Waals surface area contributed by atoms with Gasteiger partial charge in [-0.3, -0.25) is 4.79 Å². The summed E-state index contributed by atoms with van der Waals surface area (Å²) in [5.74, 6) is -1.95. The molecular weight excluding hydrogens is 425 g/mol. The van der Waals surface area contributed by atoms with Gasteiger partial charge in [-0.25, -0.2) is 14.8 Å². The van der Waals surface area contributed by atoms with Crippen molar-refractivity contribution in [1.29, 1.82) is 0 Å². The van der Waals surface area contributed by atoms with Crippen molar-refractivity contribution >= 4 is 34.8 Å². The van der Waals surface area contributed by atoms with Gasteiger partial charge in [0.05, 0.1) is 24.3 Å². The number of thiophene rings is 1. The molecule has 4 heterocycles. The van der Waals surface area contributed by atoms with Crippen LogP contribution in [0, 0.1) is 5.92 Å². The number of fused-ring (bicyclic) bond motifs is 1. The maximum absolute atomic E-state index is 12.9. The van der Waals surface area contributed by atoms with Gasteiger partial charge in [0.2, 0.25) is 11.9 Å². The highest BCUT2D eigenvalue weighted by atomic mass is 32.1. The average Bonchev–Trinajstić information content (AvgIpc) is 3.20. The van der Waals surface area contributed by atoms with Crippen LogP contribution in [-0.2, 0) is 14.3 Å². The van der Waals surface area contributed by atoms with Gasteiger partial charge in [0.1, 0.15) is 0 Å². The molecular formula is C18H19F3N4O4S. The highest BCUT2D eigenvalue weighted by molar-refractivity contribution is 7.08. The van der Waals surface area contributed by atoms with E-state index in [1.165, 1.54) is 0 Å². The van der Waals surface area contributed by atoms with Crippen LogP contribution < -0.4 is 9.80 Å². The van der Waals surface area contributed by atoms with Gasteiger partial charge >= 0.3 is 12.1 Å². The number of amides is 1. The van der Waals surface area contributed by atoms with Crippen molar-refractivity contribution < 1.29 is 32.6 Å². The molecule has 0 aromatic carbocycles. The van der Waals surface area contributed by atoms with E-state index in [0.29, 0.717) is 25.6 Å². The number of carbonyl (C=O) groups excluding carboxylic acids is 1. The van der Waals surface area contributed by atoms with Gasteiger partial charge in [-0.15, -0.1) is 0 Å². The number of halogens is 3. The molecule has 1 N–H and O–H groups in total. The van der Waals surface area contributed by atoms with Crippen LogP contribution in [0.1, 0.15) is 6.42 Å². The molecule has 0 aliphatic carbocycles. The summed E-state index contributed by atoms with van der Waals surface area (Å²) in [7, 11) is 0. The van der Waals surface area contributed by atoms with Crippen LogP contribution in [-0.4, -0.2) is 65.5 Å². The standard InChI is InChI=1S/C16H18N4O2S.C2HF3O2/c21-15-13-2-6-19(16-17-4-1-5-18-16)10-14(13)22-8-7-20(15)12-3-9-23-11-12;3-2(4,5)1(6)7/h1,3-5,9,11,13-14H,2,6-8,10H2;(H,6,7)/t13-,14+;/m1./s1. The number of carboxylic acids is 1. The Bertz CT molecular complexity index is 851. The lowest BCUT2D eigenvalue weighted by molar-refractivity contribution is -0.192. The van der Waals surface area contributed by atoms with Gasteiger partial charge in [0, 0.05) is 37.4 Å². The fraction of sp³-hybridized carbons (Fsp3) is 0.444. The number of ether oxygens (including phenoxy) is 1. The Labute approximate surface area is 173 Å². The summed E-state index contributed by atoms with van der Waals surface area (Å²) in [6.07, 6.45) is -0.927. The van der Waals surface area contributed by atoms with Crippen LogP contribution in [0.3, 0.4) is 0 Å². The highest BCUT2D eigenvalue weighted by Gasteiger charge is 2.40. The van der Waals surface area contributed by atoms with E-state index < -0.39 is 12.1 Å². The molecule has 30 heavy (non-hydrogen) atoms. The Balaban J connectivity index is 0.000000318. The van der Waals surface area contributed by atoms with E-state index >= 15 is 0 Å². The number of alkyl halides is 3. The first-order chi connectivity index (χ1) is 14.3. The number of anilines is 2. The van der Waals surface area contributed by atoms with Crippen LogP contribution in [0.25, 0.3) is 0 Å². The van der Waals surface area contributed by atoms with Crippen LogP contribution in [0.4, 0.5) is 24.8 Å². The number of aliphatic carboxylic acids is 1. The number of nitrogens with zero attached hydrogens (tertiary/aromatic N) is 4. The first kappa shape index (κ1) is 22.0. The molecule has 0 spiro atoms. The van der Waals surface area contributed by atoms with Crippen LogP contribution in [0.2, 0.25) is 0 Å². The van der Waals surface area contributed by atoms with E-state index in [-0.39, 0.29) is 17.9 Å². The molecule has 162 valence electrons.